The maximum absolute atomic E-state index is 9.00. The highest BCUT2D eigenvalue weighted by atomic mass is 35.5. The first-order valence-corrected chi connectivity index (χ1v) is 4.54. The molecule has 0 aliphatic carbocycles. The minimum Gasteiger partial charge on any atom is -0.481 e. The second-order valence-corrected chi connectivity index (χ2v) is 3.72. The molecule has 0 saturated carbocycles. The van der Waals surface area contributed by atoms with Gasteiger partial charge in [0.25, 0.3) is 11.9 Å². The van der Waals surface area contributed by atoms with Gasteiger partial charge in [-0.05, 0) is 42.3 Å². The van der Waals surface area contributed by atoms with E-state index < -0.39 is 11.9 Å². The summed E-state index contributed by atoms with van der Waals surface area (Å²) >= 11 is 0. The molecule has 18 heavy (non-hydrogen) atoms. The van der Waals surface area contributed by atoms with E-state index in [9.17, 15) is 0 Å². The number of carboxylic acid groups (broad SMARTS) is 2. The van der Waals surface area contributed by atoms with Crippen LogP contribution >= 0.6 is 24.8 Å². The number of hydrogen-bond acceptors (Lipinski definition) is 4. The molecule has 0 heterocycles. The summed E-state index contributed by atoms with van der Waals surface area (Å²) in [7, 11) is 12.0. The van der Waals surface area contributed by atoms with Gasteiger partial charge in [-0.1, -0.05) is 0 Å². The Balaban J connectivity index is -0.0000000257. The van der Waals surface area contributed by atoms with E-state index in [-0.39, 0.29) is 24.8 Å². The van der Waals surface area contributed by atoms with E-state index >= 15 is 0 Å². The molecule has 0 fully saturated rings. The monoisotopic (exact) mass is 310 g/mol. The maximum Gasteiger partial charge on any atom is 0.300 e. The number of carboxylic acids is 2. The fraction of sp³-hybridized carbons (Fsp3) is 0.800. The zero-order valence-corrected chi connectivity index (χ0v) is 14.1. The lowest BCUT2D eigenvalue weighted by Crippen LogP contribution is -1.99. The third-order valence-corrected chi connectivity index (χ3v) is 0. The highest BCUT2D eigenvalue weighted by Gasteiger charge is 1.66. The quantitative estimate of drug-likeness (QED) is 0.703. The van der Waals surface area contributed by atoms with Crippen LogP contribution in [0, 0.1) is 0 Å². The Bertz CT molecular complexity index is 136. The van der Waals surface area contributed by atoms with Gasteiger partial charge in [0.1, 0.15) is 0 Å². The molecule has 0 aromatic carbocycles. The number of hydrogen-bond donors (Lipinski definition) is 2. The molecule has 0 aromatic rings. The molecule has 8 heteroatoms. The first-order chi connectivity index (χ1) is 6.93. The molecule has 0 amide bonds. The largest absolute Gasteiger partial charge is 0.481 e. The average Bonchev–Trinajstić information content (AvgIpc) is 1.76. The predicted octanol–water partition coefficient (Wildman–Crippen LogP) is 1.38. The maximum atomic E-state index is 9.00. The van der Waals surface area contributed by atoms with E-state index in [2.05, 4.69) is 0 Å². The smallest absolute Gasteiger partial charge is 0.300 e. The van der Waals surface area contributed by atoms with Crippen molar-refractivity contribution in [3.05, 3.63) is 0 Å². The van der Waals surface area contributed by atoms with Gasteiger partial charge in [-0.25, -0.2) is 0 Å². The van der Waals surface area contributed by atoms with E-state index in [0.29, 0.717) is 0 Å². The highest BCUT2D eigenvalue weighted by Crippen LogP contribution is 1.48. The molecule has 0 spiro atoms. The van der Waals surface area contributed by atoms with Crippen molar-refractivity contribution in [2.45, 2.75) is 13.8 Å². The van der Waals surface area contributed by atoms with Crippen molar-refractivity contribution in [3.63, 3.8) is 0 Å². The first kappa shape index (κ1) is 36.0. The van der Waals surface area contributed by atoms with Crippen molar-refractivity contribution in [2.75, 3.05) is 42.3 Å². The average molecular weight is 311 g/mol. The third-order valence-electron chi connectivity index (χ3n) is 0. The number of rotatable bonds is 0. The molecule has 0 rings (SSSR count). The van der Waals surface area contributed by atoms with Gasteiger partial charge < -0.3 is 20.0 Å². The zero-order valence-electron chi connectivity index (χ0n) is 12.4. The highest BCUT2D eigenvalue weighted by molar-refractivity contribution is 5.85. The van der Waals surface area contributed by atoms with Crippen LogP contribution in [0.25, 0.3) is 0 Å². The van der Waals surface area contributed by atoms with Crippen molar-refractivity contribution in [1.29, 1.82) is 0 Å². The number of carbonyl (C=O) groups is 2. The van der Waals surface area contributed by atoms with Crippen molar-refractivity contribution in [2.24, 2.45) is 0 Å². The molecule has 6 nitrogen and oxygen atoms in total. The van der Waals surface area contributed by atoms with Crippen molar-refractivity contribution >= 4 is 36.8 Å². The predicted molar refractivity (Wildman–Crippen MR) is 80.3 cm³/mol. The van der Waals surface area contributed by atoms with Gasteiger partial charge in [-0.15, -0.1) is 24.8 Å². The van der Waals surface area contributed by atoms with E-state index in [1.807, 2.05) is 52.1 Å². The summed E-state index contributed by atoms with van der Waals surface area (Å²) in [5.41, 5.74) is 0. The van der Waals surface area contributed by atoms with Crippen LogP contribution in [0.3, 0.4) is 0 Å². The molecular formula is C10H28Cl2N2O4. The Morgan fingerprint density at radius 2 is 0.667 bits per heavy atom. The molecular weight excluding hydrogens is 283 g/mol. The van der Waals surface area contributed by atoms with Crippen LogP contribution in [0.1, 0.15) is 13.8 Å². The fourth-order valence-electron chi connectivity index (χ4n) is 0. The first-order valence-electron chi connectivity index (χ1n) is 4.54. The van der Waals surface area contributed by atoms with Crippen LogP contribution in [-0.4, -0.2) is 74.2 Å². The van der Waals surface area contributed by atoms with Crippen molar-refractivity contribution in [1.82, 2.24) is 9.80 Å². The van der Waals surface area contributed by atoms with Gasteiger partial charge in [0.15, 0.2) is 0 Å². The lowest BCUT2D eigenvalue weighted by atomic mass is 10.9. The Hall–Kier alpha value is -0.560. The van der Waals surface area contributed by atoms with Crippen molar-refractivity contribution in [3.8, 4) is 0 Å². The third kappa shape index (κ3) is 10300. The summed E-state index contributed by atoms with van der Waals surface area (Å²) in [5, 5.41) is 14.8. The number of halogens is 2. The van der Waals surface area contributed by atoms with Gasteiger partial charge in [-0.2, -0.15) is 0 Å². The molecule has 0 unspecified atom stereocenters. The summed E-state index contributed by atoms with van der Waals surface area (Å²) in [6, 6.07) is 0. The zero-order chi connectivity index (χ0) is 14.3. The lowest BCUT2D eigenvalue weighted by molar-refractivity contribution is -0.135. The number of nitrogens with zero attached hydrogens (tertiary/aromatic N) is 2. The second-order valence-electron chi connectivity index (χ2n) is 3.72. The molecule has 0 aliphatic heterocycles. The van der Waals surface area contributed by atoms with E-state index in [1.54, 1.807) is 0 Å². The Morgan fingerprint density at radius 1 is 0.667 bits per heavy atom. The van der Waals surface area contributed by atoms with Gasteiger partial charge in [-0.3, -0.25) is 9.59 Å². The summed E-state index contributed by atoms with van der Waals surface area (Å²) in [6.07, 6.45) is 0. The SMILES string of the molecule is CC(=O)O.CC(=O)O.CN(C)C.CN(C)C.Cl.Cl. The molecule has 0 radical (unpaired) electrons. The van der Waals surface area contributed by atoms with E-state index in [0.717, 1.165) is 13.8 Å². The van der Waals surface area contributed by atoms with Crippen LogP contribution < -0.4 is 0 Å². The van der Waals surface area contributed by atoms with Gasteiger partial charge >= 0.3 is 0 Å². The summed E-state index contributed by atoms with van der Waals surface area (Å²) in [5.74, 6) is -1.67. The number of aliphatic carboxylic acids is 2. The summed E-state index contributed by atoms with van der Waals surface area (Å²) < 4.78 is 0. The van der Waals surface area contributed by atoms with E-state index in [4.69, 9.17) is 19.8 Å². The molecule has 0 aromatic heterocycles. The molecule has 2 N–H and O–H groups in total. The summed E-state index contributed by atoms with van der Waals surface area (Å²) in [6.45, 7) is 2.17. The van der Waals surface area contributed by atoms with Gasteiger partial charge in [0.2, 0.25) is 0 Å². The van der Waals surface area contributed by atoms with Crippen LogP contribution in [0.2, 0.25) is 0 Å². The van der Waals surface area contributed by atoms with Gasteiger partial charge in [0, 0.05) is 13.8 Å². The van der Waals surface area contributed by atoms with Gasteiger partial charge in [0.05, 0.1) is 0 Å². The molecule has 0 bridgehead atoms. The van der Waals surface area contributed by atoms with E-state index in [1.165, 1.54) is 0 Å². The minimum atomic E-state index is -0.833. The van der Waals surface area contributed by atoms with Crippen LogP contribution in [0.4, 0.5) is 0 Å². The van der Waals surface area contributed by atoms with Crippen LogP contribution in [0.15, 0.2) is 0 Å². The molecule has 116 valence electrons. The topological polar surface area (TPSA) is 81.1 Å². The Morgan fingerprint density at radius 3 is 0.667 bits per heavy atom. The molecule has 0 saturated heterocycles. The van der Waals surface area contributed by atoms with Crippen LogP contribution in [-0.2, 0) is 9.59 Å². The summed E-state index contributed by atoms with van der Waals surface area (Å²) in [4.78, 5) is 22.0. The minimum absolute atomic E-state index is 0. The van der Waals surface area contributed by atoms with Crippen LogP contribution in [0.5, 0.6) is 0 Å². The standard InChI is InChI=1S/2C3H9N.2C2H4O2.2ClH/c2*1-4(2)3;2*1-2(3)4;;/h2*1-3H3;2*1H3,(H,3,4);2*1H. The fourth-order valence-corrected chi connectivity index (χ4v) is 0. The van der Waals surface area contributed by atoms with Crippen molar-refractivity contribution < 1.29 is 19.8 Å². The normalized spacial score (nSPS) is 6.78. The second kappa shape index (κ2) is 29.9. The Kier molecular flexibility index (Phi) is 59.9. The Labute approximate surface area is 123 Å². The lowest BCUT2D eigenvalue weighted by Gasteiger charge is -1.90. The molecule has 0 atom stereocenters. The molecule has 0 aliphatic rings.